The van der Waals surface area contributed by atoms with E-state index in [0.717, 1.165) is 28.6 Å². The summed E-state index contributed by atoms with van der Waals surface area (Å²) < 4.78 is 0. The van der Waals surface area contributed by atoms with E-state index in [9.17, 15) is 9.59 Å². The molecule has 1 heterocycles. The molecule has 1 N–H and O–H groups in total. The van der Waals surface area contributed by atoms with E-state index < -0.39 is 0 Å². The maximum atomic E-state index is 12.4. The summed E-state index contributed by atoms with van der Waals surface area (Å²) in [5, 5.41) is 3.46. The zero-order valence-electron chi connectivity index (χ0n) is 13.0. The van der Waals surface area contributed by atoms with Crippen molar-refractivity contribution in [3.8, 4) is 0 Å². The molecule has 6 heteroatoms. The van der Waals surface area contributed by atoms with E-state index in [2.05, 4.69) is 5.32 Å². The van der Waals surface area contributed by atoms with Crippen molar-refractivity contribution in [1.82, 2.24) is 4.90 Å². The molecule has 0 bridgehead atoms. The quantitative estimate of drug-likeness (QED) is 0.801. The minimum absolute atomic E-state index is 0.145. The Kier molecular flexibility index (Phi) is 4.92. The average molecular weight is 359 g/mol. The molecule has 2 amide bonds. The van der Waals surface area contributed by atoms with Crippen LogP contribution >= 0.6 is 23.4 Å². The highest BCUT2D eigenvalue weighted by Gasteiger charge is 2.34. The molecule has 0 saturated carbocycles. The predicted molar refractivity (Wildman–Crippen MR) is 98.9 cm³/mol. The molecule has 0 spiro atoms. The lowest BCUT2D eigenvalue weighted by Crippen LogP contribution is -2.33. The van der Waals surface area contributed by atoms with Gasteiger partial charge in [0.1, 0.15) is 0 Å². The topological polar surface area (TPSA) is 49.4 Å². The molecule has 2 aromatic rings. The molecule has 0 radical (unpaired) electrons. The monoisotopic (exact) mass is 358 g/mol. The van der Waals surface area contributed by atoms with Gasteiger partial charge in [0.25, 0.3) is 11.1 Å². The summed E-state index contributed by atoms with van der Waals surface area (Å²) in [6, 6.07) is 14.9. The highest BCUT2D eigenvalue weighted by atomic mass is 35.5. The minimum Gasteiger partial charge on any atom is -0.367 e. The lowest BCUT2D eigenvalue weighted by atomic mass is 10.2. The van der Waals surface area contributed by atoms with Crippen LogP contribution in [0.15, 0.2) is 53.4 Å². The average Bonchev–Trinajstić information content (AvgIpc) is 2.82. The normalized spacial score (nSPS) is 16.1. The zero-order valence-corrected chi connectivity index (χ0v) is 14.5. The Morgan fingerprint density at radius 3 is 2.62 bits per heavy atom. The van der Waals surface area contributed by atoms with Crippen LogP contribution < -0.4 is 5.32 Å². The van der Waals surface area contributed by atoms with E-state index in [1.165, 1.54) is 4.90 Å². The van der Waals surface area contributed by atoms with Crippen LogP contribution in [0.5, 0.6) is 0 Å². The summed E-state index contributed by atoms with van der Waals surface area (Å²) in [6.07, 6.45) is 1.70. The third-order valence-electron chi connectivity index (χ3n) is 3.50. The van der Waals surface area contributed by atoms with Gasteiger partial charge >= 0.3 is 0 Å². The second-order valence-corrected chi connectivity index (χ2v) is 6.80. The van der Waals surface area contributed by atoms with Gasteiger partial charge in [-0.15, -0.1) is 0 Å². The predicted octanol–water partition coefficient (Wildman–Crippen LogP) is 4.75. The number of thioether (sulfide) groups is 1. The summed E-state index contributed by atoms with van der Waals surface area (Å²) in [5.74, 6) is -0.292. The van der Waals surface area contributed by atoms with Gasteiger partial charge in [0.15, 0.2) is 0 Å². The van der Waals surface area contributed by atoms with Crippen LogP contribution in [0.25, 0.3) is 6.08 Å². The Morgan fingerprint density at radius 2 is 1.92 bits per heavy atom. The third kappa shape index (κ3) is 3.80. The molecule has 0 unspecified atom stereocenters. The molecule has 0 aromatic heterocycles. The fraction of sp³-hybridized carbons (Fsp3) is 0.111. The Labute approximate surface area is 149 Å². The molecule has 1 saturated heterocycles. The molecular formula is C18H15ClN2O2S. The van der Waals surface area contributed by atoms with Crippen LogP contribution in [0.4, 0.5) is 10.5 Å². The van der Waals surface area contributed by atoms with Gasteiger partial charge in [-0.3, -0.25) is 14.5 Å². The lowest BCUT2D eigenvalue weighted by molar-refractivity contribution is -0.122. The third-order valence-corrected chi connectivity index (χ3v) is 4.66. The first-order valence-corrected chi connectivity index (χ1v) is 8.54. The second-order valence-electron chi connectivity index (χ2n) is 5.37. The number of hydrogen-bond acceptors (Lipinski definition) is 4. The summed E-state index contributed by atoms with van der Waals surface area (Å²) in [7, 11) is 0. The summed E-state index contributed by atoms with van der Waals surface area (Å²) in [5.41, 5.74) is 2.81. The highest BCUT2D eigenvalue weighted by molar-refractivity contribution is 8.18. The van der Waals surface area contributed by atoms with Gasteiger partial charge in [-0.25, -0.2) is 0 Å². The molecule has 0 aliphatic carbocycles. The number of hydrogen-bond donors (Lipinski definition) is 1. The summed E-state index contributed by atoms with van der Waals surface area (Å²) in [4.78, 5) is 26.1. The largest absolute Gasteiger partial charge is 0.367 e. The number of imide groups is 1. The number of anilines is 1. The van der Waals surface area contributed by atoms with Crippen molar-refractivity contribution in [1.29, 1.82) is 0 Å². The Bertz CT molecular complexity index is 818. The van der Waals surface area contributed by atoms with Crippen LogP contribution in [0.1, 0.15) is 11.1 Å². The number of nitrogens with one attached hydrogen (secondary N) is 1. The fourth-order valence-corrected chi connectivity index (χ4v) is 3.24. The number of nitrogens with zero attached hydrogens (tertiary/aromatic N) is 1. The van der Waals surface area contributed by atoms with E-state index >= 15 is 0 Å². The summed E-state index contributed by atoms with van der Waals surface area (Å²) in [6.45, 7) is 2.13. The SMILES string of the molecule is Cc1cccc(NCN2C(=O)S/C(=C\c3ccc(Cl)cc3)C2=O)c1. The molecule has 3 rings (SSSR count). The Morgan fingerprint density at radius 1 is 1.17 bits per heavy atom. The molecular weight excluding hydrogens is 344 g/mol. The van der Waals surface area contributed by atoms with Crippen LogP contribution in [-0.4, -0.2) is 22.7 Å². The van der Waals surface area contributed by atoms with E-state index in [0.29, 0.717) is 9.93 Å². The molecule has 1 aliphatic heterocycles. The molecule has 1 fully saturated rings. The number of halogens is 1. The van der Waals surface area contributed by atoms with Crippen molar-refractivity contribution < 1.29 is 9.59 Å². The molecule has 2 aromatic carbocycles. The first-order valence-electron chi connectivity index (χ1n) is 7.34. The van der Waals surface area contributed by atoms with Gasteiger partial charge in [-0.1, -0.05) is 35.9 Å². The number of aryl methyl sites for hydroxylation is 1. The van der Waals surface area contributed by atoms with Gasteiger partial charge in [-0.05, 0) is 60.2 Å². The molecule has 1 aliphatic rings. The number of rotatable bonds is 4. The second kappa shape index (κ2) is 7.11. The number of amides is 2. The van der Waals surface area contributed by atoms with Crippen molar-refractivity contribution in [2.75, 3.05) is 12.0 Å². The van der Waals surface area contributed by atoms with Crippen LogP contribution in [0, 0.1) is 6.92 Å². The van der Waals surface area contributed by atoms with E-state index in [1.807, 2.05) is 31.2 Å². The molecule has 0 atom stereocenters. The number of carbonyl (C=O) groups is 2. The van der Waals surface area contributed by atoms with Crippen molar-refractivity contribution >= 4 is 46.3 Å². The zero-order chi connectivity index (χ0) is 17.1. The standard InChI is InChI=1S/C18H15ClN2O2S/c1-12-3-2-4-15(9-12)20-11-21-17(22)16(24-18(21)23)10-13-5-7-14(19)8-6-13/h2-10,20H,11H2,1H3/b16-10-. The van der Waals surface area contributed by atoms with Gasteiger partial charge in [-0.2, -0.15) is 0 Å². The smallest absolute Gasteiger partial charge is 0.295 e. The van der Waals surface area contributed by atoms with E-state index in [4.69, 9.17) is 11.6 Å². The number of benzene rings is 2. The number of carbonyl (C=O) groups excluding carboxylic acids is 2. The van der Waals surface area contributed by atoms with Crippen molar-refractivity contribution in [2.24, 2.45) is 0 Å². The van der Waals surface area contributed by atoms with Crippen LogP contribution in [0.2, 0.25) is 5.02 Å². The fourth-order valence-electron chi connectivity index (χ4n) is 2.27. The molecule has 122 valence electrons. The van der Waals surface area contributed by atoms with Crippen molar-refractivity contribution in [3.63, 3.8) is 0 Å². The highest BCUT2D eigenvalue weighted by Crippen LogP contribution is 2.32. The summed E-state index contributed by atoms with van der Waals surface area (Å²) >= 11 is 6.80. The van der Waals surface area contributed by atoms with E-state index in [-0.39, 0.29) is 17.8 Å². The Balaban J connectivity index is 1.71. The van der Waals surface area contributed by atoms with Crippen molar-refractivity contribution in [2.45, 2.75) is 6.92 Å². The Hall–Kier alpha value is -2.24. The van der Waals surface area contributed by atoms with Gasteiger partial charge in [0.2, 0.25) is 0 Å². The van der Waals surface area contributed by atoms with Crippen LogP contribution in [0.3, 0.4) is 0 Å². The van der Waals surface area contributed by atoms with Gasteiger partial charge in [0, 0.05) is 10.7 Å². The molecule has 24 heavy (non-hydrogen) atoms. The van der Waals surface area contributed by atoms with Crippen molar-refractivity contribution in [3.05, 3.63) is 69.6 Å². The van der Waals surface area contributed by atoms with Gasteiger partial charge < -0.3 is 5.32 Å². The minimum atomic E-state index is -0.292. The first-order chi connectivity index (χ1) is 11.5. The lowest BCUT2D eigenvalue weighted by Gasteiger charge is -2.14. The first kappa shape index (κ1) is 16.6. The van der Waals surface area contributed by atoms with Crippen LogP contribution in [-0.2, 0) is 4.79 Å². The maximum Gasteiger partial charge on any atom is 0.295 e. The van der Waals surface area contributed by atoms with Gasteiger partial charge in [0.05, 0.1) is 11.6 Å². The maximum absolute atomic E-state index is 12.4. The molecule has 4 nitrogen and oxygen atoms in total. The van der Waals surface area contributed by atoms with E-state index in [1.54, 1.807) is 30.3 Å².